The van der Waals surface area contributed by atoms with Crippen molar-refractivity contribution < 1.29 is 9.32 Å². The van der Waals surface area contributed by atoms with E-state index in [1.54, 1.807) is 11.3 Å². The highest BCUT2D eigenvalue weighted by atomic mass is 32.1. The fourth-order valence-electron chi connectivity index (χ4n) is 3.84. The number of hydrogen-bond acceptors (Lipinski definition) is 5. The van der Waals surface area contributed by atoms with Crippen LogP contribution in [0.3, 0.4) is 0 Å². The van der Waals surface area contributed by atoms with E-state index in [-0.39, 0.29) is 12.3 Å². The molecule has 0 saturated carbocycles. The average Bonchev–Trinajstić information content (AvgIpc) is 3.43. The maximum absolute atomic E-state index is 12.6. The number of anilines is 1. The Morgan fingerprint density at radius 2 is 1.78 bits per heavy atom. The molecule has 0 aliphatic carbocycles. The van der Waals surface area contributed by atoms with Crippen molar-refractivity contribution in [1.29, 1.82) is 0 Å². The molecule has 5 rings (SSSR count). The molecule has 0 aliphatic rings. The third kappa shape index (κ3) is 4.05. The van der Waals surface area contributed by atoms with Crippen LogP contribution in [0.4, 0.5) is 5.69 Å². The molecule has 0 spiro atoms. The number of carbonyl (C=O) groups is 1. The number of aromatic nitrogens is 2. The number of nitrogens with zero attached hydrogens (tertiary/aromatic N) is 2. The highest BCUT2D eigenvalue weighted by Gasteiger charge is 2.15. The Balaban J connectivity index is 1.28. The van der Waals surface area contributed by atoms with Crippen molar-refractivity contribution in [3.63, 3.8) is 0 Å². The molecular weight excluding hydrogens is 418 g/mol. The molecule has 5 nitrogen and oxygen atoms in total. The summed E-state index contributed by atoms with van der Waals surface area (Å²) in [4.78, 5) is 17.4. The first kappa shape index (κ1) is 20.2. The number of amides is 1. The summed E-state index contributed by atoms with van der Waals surface area (Å²) in [6.07, 6.45) is 0.158. The third-order valence-electron chi connectivity index (χ3n) is 5.30. The van der Waals surface area contributed by atoms with E-state index in [2.05, 4.69) is 34.1 Å². The molecule has 1 amide bonds. The summed E-state index contributed by atoms with van der Waals surface area (Å²) in [6, 6.07) is 21.9. The second-order valence-corrected chi connectivity index (χ2v) is 8.65. The quantitative estimate of drug-likeness (QED) is 0.343. The van der Waals surface area contributed by atoms with Crippen molar-refractivity contribution >= 4 is 33.9 Å². The van der Waals surface area contributed by atoms with Crippen molar-refractivity contribution in [2.45, 2.75) is 20.3 Å². The Morgan fingerprint density at radius 1 is 1.00 bits per heavy atom. The molecule has 6 heteroatoms. The van der Waals surface area contributed by atoms with Gasteiger partial charge in [-0.25, -0.2) is 4.98 Å². The van der Waals surface area contributed by atoms with Gasteiger partial charge in [-0.1, -0.05) is 53.7 Å². The number of hydrogen-bond donors (Lipinski definition) is 1. The number of benzene rings is 3. The standard InChI is InChI=1S/C26H21N3O2S/c1-16-12-17(2)25-21(29-31-23(25)13-16)14-24(30)27-20-10-8-18(9-11-20)22-15-32-26(28-22)19-6-4-3-5-7-19/h3-13,15H,14H2,1-2H3,(H,27,30). The third-order valence-corrected chi connectivity index (χ3v) is 6.20. The van der Waals surface area contributed by atoms with Crippen LogP contribution in [0.1, 0.15) is 16.8 Å². The zero-order valence-electron chi connectivity index (χ0n) is 17.8. The van der Waals surface area contributed by atoms with Gasteiger partial charge in [-0.2, -0.15) is 0 Å². The molecule has 0 aliphatic heterocycles. The van der Waals surface area contributed by atoms with E-state index in [4.69, 9.17) is 9.51 Å². The Hall–Kier alpha value is -3.77. The molecular formula is C26H21N3O2S. The lowest BCUT2D eigenvalue weighted by atomic mass is 10.0. The van der Waals surface area contributed by atoms with Crippen LogP contribution in [-0.2, 0) is 11.2 Å². The minimum Gasteiger partial charge on any atom is -0.356 e. The minimum atomic E-state index is -0.132. The number of nitrogens with one attached hydrogen (secondary N) is 1. The number of aryl methyl sites for hydroxylation is 2. The van der Waals surface area contributed by atoms with Crippen molar-refractivity contribution in [2.75, 3.05) is 5.32 Å². The van der Waals surface area contributed by atoms with Gasteiger partial charge in [0.25, 0.3) is 0 Å². The van der Waals surface area contributed by atoms with Crippen molar-refractivity contribution in [2.24, 2.45) is 0 Å². The number of carbonyl (C=O) groups excluding carboxylic acids is 1. The lowest BCUT2D eigenvalue weighted by Crippen LogP contribution is -2.14. The topological polar surface area (TPSA) is 68.0 Å². The first-order valence-electron chi connectivity index (χ1n) is 10.3. The van der Waals surface area contributed by atoms with Crippen LogP contribution >= 0.6 is 11.3 Å². The van der Waals surface area contributed by atoms with Gasteiger partial charge in [-0.3, -0.25) is 4.79 Å². The van der Waals surface area contributed by atoms with Crippen molar-refractivity contribution in [3.05, 3.63) is 88.9 Å². The Morgan fingerprint density at radius 3 is 2.56 bits per heavy atom. The van der Waals surface area contributed by atoms with Crippen LogP contribution in [0.5, 0.6) is 0 Å². The van der Waals surface area contributed by atoms with Crippen molar-refractivity contribution in [1.82, 2.24) is 10.1 Å². The first-order chi connectivity index (χ1) is 15.6. The highest BCUT2D eigenvalue weighted by molar-refractivity contribution is 7.13. The summed E-state index contributed by atoms with van der Waals surface area (Å²) in [5, 5.41) is 11.0. The summed E-state index contributed by atoms with van der Waals surface area (Å²) in [5.41, 5.74) is 7.32. The molecule has 32 heavy (non-hydrogen) atoms. The van der Waals surface area contributed by atoms with Crippen LogP contribution in [0.25, 0.3) is 32.8 Å². The molecule has 2 aromatic heterocycles. The molecule has 0 saturated heterocycles. The predicted molar refractivity (Wildman–Crippen MR) is 129 cm³/mol. The zero-order chi connectivity index (χ0) is 22.1. The summed E-state index contributed by atoms with van der Waals surface area (Å²) >= 11 is 1.62. The molecule has 0 bridgehead atoms. The number of rotatable bonds is 5. The first-order valence-corrected chi connectivity index (χ1v) is 11.2. The van der Waals surface area contributed by atoms with Crippen molar-refractivity contribution in [3.8, 4) is 21.8 Å². The van der Waals surface area contributed by atoms with Gasteiger partial charge < -0.3 is 9.84 Å². The SMILES string of the molecule is Cc1cc(C)c2c(CC(=O)Nc3ccc(-c4csc(-c5ccccc5)n4)cc3)noc2c1. The van der Waals surface area contributed by atoms with Crippen LogP contribution in [0, 0.1) is 13.8 Å². The van der Waals surface area contributed by atoms with E-state index in [1.807, 2.05) is 62.4 Å². The fourth-order valence-corrected chi connectivity index (χ4v) is 4.68. The molecule has 0 unspecified atom stereocenters. The number of thiazole rings is 1. The van der Waals surface area contributed by atoms with E-state index in [0.29, 0.717) is 11.3 Å². The second kappa shape index (κ2) is 8.40. The van der Waals surface area contributed by atoms with E-state index < -0.39 is 0 Å². The van der Waals surface area contributed by atoms with E-state index in [9.17, 15) is 4.79 Å². The minimum absolute atomic E-state index is 0.132. The van der Waals surface area contributed by atoms with Gasteiger partial charge >= 0.3 is 0 Å². The van der Waals surface area contributed by atoms with Gasteiger partial charge in [0.15, 0.2) is 5.58 Å². The fraction of sp³-hybridized carbons (Fsp3) is 0.115. The second-order valence-electron chi connectivity index (χ2n) is 7.79. The van der Waals surface area contributed by atoms with Crippen LogP contribution in [0.2, 0.25) is 0 Å². The highest BCUT2D eigenvalue weighted by Crippen LogP contribution is 2.29. The molecule has 5 aromatic rings. The van der Waals surface area contributed by atoms with Gasteiger partial charge in [0.1, 0.15) is 10.7 Å². The lowest BCUT2D eigenvalue weighted by Gasteiger charge is -2.06. The zero-order valence-corrected chi connectivity index (χ0v) is 18.6. The predicted octanol–water partition coefficient (Wildman–Crippen LogP) is 6.42. The van der Waals surface area contributed by atoms with E-state index in [1.165, 1.54) is 0 Å². The van der Waals surface area contributed by atoms with Gasteiger partial charge in [0.2, 0.25) is 5.91 Å². The van der Waals surface area contributed by atoms with E-state index >= 15 is 0 Å². The van der Waals surface area contributed by atoms with Crippen LogP contribution in [-0.4, -0.2) is 16.0 Å². The summed E-state index contributed by atoms with van der Waals surface area (Å²) in [5.74, 6) is -0.132. The molecule has 158 valence electrons. The molecule has 2 heterocycles. The van der Waals surface area contributed by atoms with Crippen LogP contribution < -0.4 is 5.32 Å². The van der Waals surface area contributed by atoms with Crippen LogP contribution in [0.15, 0.2) is 76.6 Å². The maximum atomic E-state index is 12.6. The molecule has 0 fully saturated rings. The Kier molecular flexibility index (Phi) is 5.29. The van der Waals surface area contributed by atoms with Gasteiger partial charge in [-0.05, 0) is 43.2 Å². The lowest BCUT2D eigenvalue weighted by molar-refractivity contribution is -0.115. The van der Waals surface area contributed by atoms with Gasteiger partial charge in [0, 0.05) is 27.6 Å². The summed E-state index contributed by atoms with van der Waals surface area (Å²) in [6.45, 7) is 4.02. The monoisotopic (exact) mass is 439 g/mol. The average molecular weight is 440 g/mol. The van der Waals surface area contributed by atoms with Gasteiger partial charge in [-0.15, -0.1) is 11.3 Å². The van der Waals surface area contributed by atoms with Gasteiger partial charge in [0.05, 0.1) is 12.1 Å². The largest absolute Gasteiger partial charge is 0.356 e. The molecule has 3 aromatic carbocycles. The Bertz CT molecular complexity index is 1400. The molecule has 1 N–H and O–H groups in total. The summed E-state index contributed by atoms with van der Waals surface area (Å²) in [7, 11) is 0. The summed E-state index contributed by atoms with van der Waals surface area (Å²) < 4.78 is 5.42. The normalized spacial score (nSPS) is 11.1. The molecule has 0 atom stereocenters. The number of fused-ring (bicyclic) bond motifs is 1. The molecule has 0 radical (unpaired) electrons. The maximum Gasteiger partial charge on any atom is 0.230 e. The smallest absolute Gasteiger partial charge is 0.230 e. The van der Waals surface area contributed by atoms with E-state index in [0.717, 1.165) is 44.0 Å². The Labute approximate surface area is 189 Å².